The summed E-state index contributed by atoms with van der Waals surface area (Å²) in [7, 11) is 0.462. The average molecular weight is 475 g/mol. The van der Waals surface area contributed by atoms with Gasteiger partial charge in [0.1, 0.15) is 23.4 Å². The van der Waals surface area contributed by atoms with Crippen LogP contribution in [-0.2, 0) is 16.2 Å². The van der Waals surface area contributed by atoms with Crippen LogP contribution in [0.15, 0.2) is 35.2 Å². The van der Waals surface area contributed by atoms with Crippen LogP contribution in [0.2, 0.25) is 0 Å². The van der Waals surface area contributed by atoms with Gasteiger partial charge in [-0.25, -0.2) is 8.42 Å². The van der Waals surface area contributed by atoms with E-state index in [0.29, 0.717) is 30.8 Å². The minimum atomic E-state index is -4.64. The van der Waals surface area contributed by atoms with Gasteiger partial charge < -0.3 is 19.1 Å². The molecule has 32 heavy (non-hydrogen) atoms. The van der Waals surface area contributed by atoms with Crippen LogP contribution >= 0.6 is 0 Å². The first-order chi connectivity index (χ1) is 14.9. The molecule has 3 rings (SSSR count). The van der Waals surface area contributed by atoms with Gasteiger partial charge in [0.05, 0.1) is 30.4 Å². The third-order valence-corrected chi connectivity index (χ3v) is 6.72. The molecule has 0 unspecified atom stereocenters. The number of rotatable bonds is 7. The summed E-state index contributed by atoms with van der Waals surface area (Å²) >= 11 is 0. The Labute approximate surface area is 185 Å². The van der Waals surface area contributed by atoms with E-state index in [-0.39, 0.29) is 16.3 Å². The maximum Gasteiger partial charge on any atom is 0.419 e. The highest BCUT2D eigenvalue weighted by Crippen LogP contribution is 2.39. The van der Waals surface area contributed by atoms with Gasteiger partial charge in [-0.15, -0.1) is 0 Å². The highest BCUT2D eigenvalue weighted by atomic mass is 32.2. The van der Waals surface area contributed by atoms with Crippen molar-refractivity contribution in [3.63, 3.8) is 0 Å². The van der Waals surface area contributed by atoms with Gasteiger partial charge in [-0.3, -0.25) is 4.72 Å². The summed E-state index contributed by atoms with van der Waals surface area (Å²) in [6.07, 6.45) is -4.49. The monoisotopic (exact) mass is 474 g/mol. The predicted octanol–water partition coefficient (Wildman–Crippen LogP) is 3.91. The van der Waals surface area contributed by atoms with Crippen molar-refractivity contribution < 1.29 is 35.8 Å². The fourth-order valence-electron chi connectivity index (χ4n) is 3.54. The lowest BCUT2D eigenvalue weighted by Crippen LogP contribution is -2.23. The normalized spacial score (nSPS) is 17.3. The number of benzene rings is 2. The van der Waals surface area contributed by atoms with Crippen molar-refractivity contribution in [2.75, 3.05) is 39.1 Å². The van der Waals surface area contributed by atoms with Crippen LogP contribution in [0.4, 0.5) is 18.9 Å². The first kappa shape index (κ1) is 24.0. The van der Waals surface area contributed by atoms with Gasteiger partial charge in [-0.2, -0.15) is 13.2 Å². The second-order valence-electron chi connectivity index (χ2n) is 7.56. The van der Waals surface area contributed by atoms with Crippen molar-refractivity contribution in [3.8, 4) is 17.2 Å². The number of halogens is 3. The number of ether oxygens (including phenoxy) is 3. The lowest BCUT2D eigenvalue weighted by atomic mass is 10.1. The largest absolute Gasteiger partial charge is 0.497 e. The molecule has 1 fully saturated rings. The van der Waals surface area contributed by atoms with Crippen LogP contribution in [0, 0.1) is 6.92 Å². The summed E-state index contributed by atoms with van der Waals surface area (Å²) < 4.78 is 84.9. The Kier molecular flexibility index (Phi) is 6.80. The van der Waals surface area contributed by atoms with Crippen molar-refractivity contribution in [2.24, 2.45) is 0 Å². The smallest absolute Gasteiger partial charge is 0.419 e. The first-order valence-corrected chi connectivity index (χ1v) is 11.2. The van der Waals surface area contributed by atoms with Gasteiger partial charge in [0.25, 0.3) is 10.0 Å². The quantitative estimate of drug-likeness (QED) is 0.656. The molecular weight excluding hydrogens is 449 g/mol. The molecule has 1 saturated heterocycles. The third kappa shape index (κ3) is 5.21. The molecule has 1 atom stereocenters. The number of hydrogen-bond donors (Lipinski definition) is 1. The van der Waals surface area contributed by atoms with E-state index in [1.807, 2.05) is 11.9 Å². The van der Waals surface area contributed by atoms with Gasteiger partial charge in [0.15, 0.2) is 0 Å². The van der Waals surface area contributed by atoms with Gasteiger partial charge in [-0.05, 0) is 32.5 Å². The number of anilines is 1. The zero-order chi connectivity index (χ0) is 23.7. The number of hydrogen-bond acceptors (Lipinski definition) is 6. The van der Waals surface area contributed by atoms with Gasteiger partial charge >= 0.3 is 6.18 Å². The Bertz CT molecular complexity index is 1090. The predicted molar refractivity (Wildman–Crippen MR) is 113 cm³/mol. The minimum Gasteiger partial charge on any atom is -0.497 e. The van der Waals surface area contributed by atoms with Crippen molar-refractivity contribution >= 4 is 15.7 Å². The molecule has 176 valence electrons. The molecule has 0 saturated carbocycles. The summed E-state index contributed by atoms with van der Waals surface area (Å²) in [5.74, 6) is 0.138. The summed E-state index contributed by atoms with van der Waals surface area (Å²) in [6, 6.07) is 5.78. The van der Waals surface area contributed by atoms with E-state index in [4.69, 9.17) is 14.2 Å². The fraction of sp³-hybridized carbons (Fsp3) is 0.429. The maximum atomic E-state index is 13.5. The fourth-order valence-corrected chi connectivity index (χ4v) is 4.87. The summed E-state index contributed by atoms with van der Waals surface area (Å²) in [5.41, 5.74) is -0.687. The summed E-state index contributed by atoms with van der Waals surface area (Å²) in [5, 5.41) is 0. The second kappa shape index (κ2) is 9.07. The van der Waals surface area contributed by atoms with Crippen LogP contribution in [0.1, 0.15) is 17.5 Å². The number of nitrogens with zero attached hydrogens (tertiary/aromatic N) is 1. The zero-order valence-electron chi connectivity index (χ0n) is 18.1. The Hall–Kier alpha value is -2.66. The molecule has 1 N–H and O–H groups in total. The van der Waals surface area contributed by atoms with E-state index in [0.717, 1.165) is 18.2 Å². The van der Waals surface area contributed by atoms with Gasteiger partial charge in [0, 0.05) is 36.9 Å². The highest BCUT2D eigenvalue weighted by Gasteiger charge is 2.36. The third-order valence-electron chi connectivity index (χ3n) is 5.21. The molecular formula is C21H25F3N2O5S. The zero-order valence-corrected chi connectivity index (χ0v) is 18.9. The van der Waals surface area contributed by atoms with E-state index >= 15 is 0 Å². The molecule has 2 aromatic rings. The summed E-state index contributed by atoms with van der Waals surface area (Å²) in [6.45, 7) is 2.75. The van der Waals surface area contributed by atoms with Crippen LogP contribution in [0.3, 0.4) is 0 Å². The number of alkyl halides is 3. The standard InChI is InChI=1S/C21H25F3N2O5S/c1-13-18(30-4)10-16(29-3)11-20(13)32(27,28)25-14-5-6-17(21(22,23)24)19(9-14)31-15-7-8-26(2)12-15/h5-6,9-11,15,25H,7-8,12H2,1-4H3/t15-/m1/s1. The van der Waals surface area contributed by atoms with Crippen molar-refractivity contribution in [3.05, 3.63) is 41.5 Å². The molecule has 0 aliphatic carbocycles. The topological polar surface area (TPSA) is 77.1 Å². The van der Waals surface area contributed by atoms with Crippen molar-refractivity contribution in [1.82, 2.24) is 4.90 Å². The number of likely N-dealkylation sites (tertiary alicyclic amines) is 1. The molecule has 0 amide bonds. The molecule has 1 aliphatic rings. The molecule has 0 aromatic heterocycles. The second-order valence-corrected chi connectivity index (χ2v) is 9.21. The Morgan fingerprint density at radius 2 is 1.81 bits per heavy atom. The number of methoxy groups -OCH3 is 2. The van der Waals surface area contributed by atoms with Crippen molar-refractivity contribution in [2.45, 2.75) is 30.5 Å². The van der Waals surface area contributed by atoms with E-state index in [1.165, 1.54) is 26.4 Å². The number of sulfonamides is 1. The average Bonchev–Trinajstić information content (AvgIpc) is 3.11. The molecule has 0 radical (unpaired) electrons. The SMILES string of the molecule is COc1cc(OC)c(C)c(S(=O)(=O)Nc2ccc(C(F)(F)F)c(O[C@@H]3CCN(C)C3)c2)c1. The molecule has 0 spiro atoms. The lowest BCUT2D eigenvalue weighted by Gasteiger charge is -2.20. The van der Waals surface area contributed by atoms with E-state index in [9.17, 15) is 21.6 Å². The van der Waals surface area contributed by atoms with Crippen LogP contribution < -0.4 is 18.9 Å². The lowest BCUT2D eigenvalue weighted by molar-refractivity contribution is -0.139. The molecule has 7 nitrogen and oxygen atoms in total. The minimum absolute atomic E-state index is 0.0551. The van der Waals surface area contributed by atoms with Crippen molar-refractivity contribution in [1.29, 1.82) is 0 Å². The number of likely N-dealkylation sites (N-methyl/N-ethyl adjacent to an activating group) is 1. The molecule has 11 heteroatoms. The van der Waals surface area contributed by atoms with Crippen LogP contribution in [0.5, 0.6) is 17.2 Å². The number of nitrogens with one attached hydrogen (secondary N) is 1. The van der Waals surface area contributed by atoms with E-state index in [2.05, 4.69) is 4.72 Å². The highest BCUT2D eigenvalue weighted by molar-refractivity contribution is 7.92. The Balaban J connectivity index is 1.97. The molecule has 0 bridgehead atoms. The van der Waals surface area contributed by atoms with E-state index < -0.39 is 33.6 Å². The van der Waals surface area contributed by atoms with Gasteiger partial charge in [-0.1, -0.05) is 0 Å². The van der Waals surface area contributed by atoms with Crippen LogP contribution in [0.25, 0.3) is 0 Å². The molecule has 1 aliphatic heterocycles. The Morgan fingerprint density at radius 1 is 1.09 bits per heavy atom. The molecule has 2 aromatic carbocycles. The van der Waals surface area contributed by atoms with Gasteiger partial charge in [0.2, 0.25) is 0 Å². The Morgan fingerprint density at radius 3 is 2.38 bits per heavy atom. The maximum absolute atomic E-state index is 13.5. The van der Waals surface area contributed by atoms with Crippen LogP contribution in [-0.4, -0.2) is 53.8 Å². The first-order valence-electron chi connectivity index (χ1n) is 9.76. The molecule has 1 heterocycles. The summed E-state index contributed by atoms with van der Waals surface area (Å²) in [4.78, 5) is 1.83. The van der Waals surface area contributed by atoms with E-state index in [1.54, 1.807) is 6.92 Å².